The molecule has 0 radical (unpaired) electrons. The fourth-order valence-electron chi connectivity index (χ4n) is 3.09. The number of benzene rings is 1. The van der Waals surface area contributed by atoms with E-state index in [0.717, 1.165) is 4.57 Å². The Morgan fingerprint density at radius 1 is 1.16 bits per heavy atom. The Balaban J connectivity index is 1.73. The molecular weight excluding hydrogens is 404 g/mol. The summed E-state index contributed by atoms with van der Waals surface area (Å²) in [6, 6.07) is 10.7. The molecule has 160 valence electrons. The molecule has 1 aromatic carbocycles. The molecule has 0 spiro atoms. The van der Waals surface area contributed by atoms with Gasteiger partial charge in [-0.05, 0) is 12.1 Å². The Bertz CT molecular complexity index is 1280. The first-order valence-electron chi connectivity index (χ1n) is 9.34. The number of nitriles is 1. The quantitative estimate of drug-likeness (QED) is 0.485. The number of hydrogen-bond acceptors (Lipinski definition) is 7. The molecule has 11 nitrogen and oxygen atoms in total. The standard InChI is InChI=1S/C20H20N6O5/c1-23-18-17(19(29)24(2)20(23)30)25(13-22-18)11-16(28)31-12-15(27)26(10-6-9-21)14-7-4-3-5-8-14/h3-5,7-8,13H,6,10-12H2,1-2H3. The van der Waals surface area contributed by atoms with Crippen molar-refractivity contribution >= 4 is 28.7 Å². The number of imidazole rings is 1. The first-order valence-corrected chi connectivity index (χ1v) is 9.34. The predicted octanol–water partition coefficient (Wildman–Crippen LogP) is -0.0762. The van der Waals surface area contributed by atoms with Crippen LogP contribution in [0.15, 0.2) is 46.2 Å². The molecule has 31 heavy (non-hydrogen) atoms. The molecule has 0 aliphatic heterocycles. The fraction of sp³-hybridized carbons (Fsp3) is 0.300. The van der Waals surface area contributed by atoms with E-state index in [1.54, 1.807) is 30.3 Å². The van der Waals surface area contributed by atoms with Gasteiger partial charge in [0, 0.05) is 26.3 Å². The number of esters is 1. The minimum atomic E-state index is -0.753. The largest absolute Gasteiger partial charge is 0.454 e. The Morgan fingerprint density at radius 2 is 1.87 bits per heavy atom. The molecule has 0 saturated heterocycles. The number of rotatable bonds is 7. The van der Waals surface area contributed by atoms with Gasteiger partial charge in [-0.25, -0.2) is 9.78 Å². The summed E-state index contributed by atoms with van der Waals surface area (Å²) in [7, 11) is 2.80. The van der Waals surface area contributed by atoms with Crippen molar-refractivity contribution in [3.8, 4) is 6.07 Å². The summed E-state index contributed by atoms with van der Waals surface area (Å²) in [6.07, 6.45) is 1.38. The third-order valence-electron chi connectivity index (χ3n) is 4.69. The molecule has 11 heteroatoms. The van der Waals surface area contributed by atoms with E-state index in [1.807, 2.05) is 6.07 Å². The number of aryl methyl sites for hydroxylation is 1. The molecule has 0 unspecified atom stereocenters. The monoisotopic (exact) mass is 424 g/mol. The summed E-state index contributed by atoms with van der Waals surface area (Å²) in [6.45, 7) is -0.726. The molecule has 0 saturated carbocycles. The highest BCUT2D eigenvalue weighted by atomic mass is 16.5. The lowest BCUT2D eigenvalue weighted by atomic mass is 10.2. The van der Waals surface area contributed by atoms with Crippen LogP contribution >= 0.6 is 0 Å². The molecule has 3 aromatic rings. The van der Waals surface area contributed by atoms with Gasteiger partial charge >= 0.3 is 11.7 Å². The number of amides is 1. The normalized spacial score (nSPS) is 10.6. The van der Waals surface area contributed by atoms with E-state index in [4.69, 9.17) is 10.00 Å². The zero-order valence-corrected chi connectivity index (χ0v) is 17.0. The first kappa shape index (κ1) is 21.5. The van der Waals surface area contributed by atoms with Gasteiger partial charge in [0.1, 0.15) is 6.54 Å². The van der Waals surface area contributed by atoms with Crippen molar-refractivity contribution in [2.45, 2.75) is 13.0 Å². The zero-order valence-electron chi connectivity index (χ0n) is 17.0. The van der Waals surface area contributed by atoms with Crippen molar-refractivity contribution in [2.24, 2.45) is 14.1 Å². The van der Waals surface area contributed by atoms with Gasteiger partial charge in [-0.15, -0.1) is 0 Å². The maximum absolute atomic E-state index is 12.6. The molecular formula is C20H20N6O5. The number of ether oxygens (including phenoxy) is 1. The third kappa shape index (κ3) is 4.37. The Labute approximate surface area is 176 Å². The number of carbonyl (C=O) groups excluding carboxylic acids is 2. The lowest BCUT2D eigenvalue weighted by Crippen LogP contribution is -2.38. The van der Waals surface area contributed by atoms with Crippen molar-refractivity contribution in [1.29, 1.82) is 5.26 Å². The molecule has 0 bridgehead atoms. The fourth-order valence-corrected chi connectivity index (χ4v) is 3.09. The second-order valence-electron chi connectivity index (χ2n) is 6.70. The van der Waals surface area contributed by atoms with Crippen LogP contribution in [0.2, 0.25) is 0 Å². The average molecular weight is 424 g/mol. The van der Waals surface area contributed by atoms with Crippen molar-refractivity contribution in [3.05, 3.63) is 57.5 Å². The number of nitrogens with zero attached hydrogens (tertiary/aromatic N) is 6. The van der Waals surface area contributed by atoms with Gasteiger partial charge in [-0.2, -0.15) is 5.26 Å². The topological polar surface area (TPSA) is 132 Å². The lowest BCUT2D eigenvalue weighted by molar-refractivity contribution is -0.148. The van der Waals surface area contributed by atoms with E-state index in [1.165, 1.54) is 34.5 Å². The van der Waals surface area contributed by atoms with Gasteiger partial charge in [-0.3, -0.25) is 23.5 Å². The van der Waals surface area contributed by atoms with E-state index in [9.17, 15) is 19.2 Å². The van der Waals surface area contributed by atoms with Gasteiger partial charge in [0.15, 0.2) is 17.8 Å². The smallest absolute Gasteiger partial charge is 0.332 e. The van der Waals surface area contributed by atoms with Crippen LogP contribution in [0.25, 0.3) is 11.2 Å². The molecule has 2 aromatic heterocycles. The van der Waals surface area contributed by atoms with Crippen LogP contribution in [0.4, 0.5) is 5.69 Å². The average Bonchev–Trinajstić information content (AvgIpc) is 3.19. The molecule has 1 amide bonds. The van der Waals surface area contributed by atoms with Crippen molar-refractivity contribution in [3.63, 3.8) is 0 Å². The predicted molar refractivity (Wildman–Crippen MR) is 110 cm³/mol. The maximum Gasteiger partial charge on any atom is 0.332 e. The van der Waals surface area contributed by atoms with Gasteiger partial charge < -0.3 is 14.2 Å². The molecule has 2 heterocycles. The van der Waals surface area contributed by atoms with Crippen molar-refractivity contribution < 1.29 is 14.3 Å². The second kappa shape index (κ2) is 9.08. The molecule has 0 atom stereocenters. The van der Waals surface area contributed by atoms with E-state index in [2.05, 4.69) is 4.98 Å². The molecule has 0 N–H and O–H groups in total. The van der Waals surface area contributed by atoms with Gasteiger partial charge in [-0.1, -0.05) is 18.2 Å². The Hall–Kier alpha value is -4.20. The van der Waals surface area contributed by atoms with E-state index >= 15 is 0 Å². The van der Waals surface area contributed by atoms with E-state index in [-0.39, 0.29) is 30.7 Å². The second-order valence-corrected chi connectivity index (χ2v) is 6.70. The number of para-hydroxylation sites is 1. The van der Waals surface area contributed by atoms with Crippen LogP contribution in [0.1, 0.15) is 6.42 Å². The summed E-state index contributed by atoms with van der Waals surface area (Å²) in [5, 5.41) is 8.84. The minimum Gasteiger partial charge on any atom is -0.454 e. The Kier molecular flexibility index (Phi) is 6.30. The highest BCUT2D eigenvalue weighted by Crippen LogP contribution is 2.14. The molecule has 3 rings (SSSR count). The van der Waals surface area contributed by atoms with Crippen LogP contribution < -0.4 is 16.1 Å². The van der Waals surface area contributed by atoms with Crippen LogP contribution in [0.5, 0.6) is 0 Å². The third-order valence-corrected chi connectivity index (χ3v) is 4.69. The number of fused-ring (bicyclic) bond motifs is 1. The molecule has 0 aliphatic rings. The van der Waals surface area contributed by atoms with Crippen LogP contribution in [0, 0.1) is 11.3 Å². The number of anilines is 1. The van der Waals surface area contributed by atoms with Crippen LogP contribution in [0.3, 0.4) is 0 Å². The summed E-state index contributed by atoms with van der Waals surface area (Å²) >= 11 is 0. The zero-order chi connectivity index (χ0) is 22.5. The SMILES string of the molecule is Cn1c(=O)c2c(ncn2CC(=O)OCC(=O)N(CCC#N)c2ccccc2)n(C)c1=O. The number of aromatic nitrogens is 4. The first-order chi connectivity index (χ1) is 14.8. The van der Waals surface area contributed by atoms with Gasteiger partial charge in [0.05, 0.1) is 18.8 Å². The Morgan fingerprint density at radius 3 is 2.55 bits per heavy atom. The minimum absolute atomic E-state index is 0.0767. The van der Waals surface area contributed by atoms with Crippen LogP contribution in [-0.4, -0.2) is 43.7 Å². The van der Waals surface area contributed by atoms with Crippen molar-refractivity contribution in [1.82, 2.24) is 18.7 Å². The van der Waals surface area contributed by atoms with Crippen LogP contribution in [-0.2, 0) is 35.0 Å². The molecule has 0 aliphatic carbocycles. The van der Waals surface area contributed by atoms with Crippen molar-refractivity contribution in [2.75, 3.05) is 18.1 Å². The van der Waals surface area contributed by atoms with Gasteiger partial charge in [0.2, 0.25) is 0 Å². The summed E-state index contributed by atoms with van der Waals surface area (Å²) in [5.74, 6) is -1.24. The number of hydrogen-bond donors (Lipinski definition) is 0. The summed E-state index contributed by atoms with van der Waals surface area (Å²) in [5.41, 5.74) is -0.319. The van der Waals surface area contributed by atoms with E-state index < -0.39 is 29.7 Å². The molecule has 0 fully saturated rings. The van der Waals surface area contributed by atoms with E-state index in [0.29, 0.717) is 5.69 Å². The highest BCUT2D eigenvalue weighted by molar-refractivity contribution is 5.95. The number of carbonyl (C=O) groups is 2. The maximum atomic E-state index is 12.6. The highest BCUT2D eigenvalue weighted by Gasteiger charge is 2.19. The summed E-state index contributed by atoms with van der Waals surface area (Å²) < 4.78 is 8.49. The van der Waals surface area contributed by atoms with Gasteiger partial charge in [0.25, 0.3) is 11.5 Å². The summed E-state index contributed by atoms with van der Waals surface area (Å²) in [4.78, 5) is 54.7. The lowest BCUT2D eigenvalue weighted by Gasteiger charge is -2.21.